The lowest BCUT2D eigenvalue weighted by molar-refractivity contribution is -0.291. The lowest BCUT2D eigenvalue weighted by Crippen LogP contribution is -2.56. The zero-order valence-corrected chi connectivity index (χ0v) is 20.0. The summed E-state index contributed by atoms with van der Waals surface area (Å²) < 4.78 is 12.0. The van der Waals surface area contributed by atoms with Gasteiger partial charge < -0.3 is 29.9 Å². The Morgan fingerprint density at radius 2 is 1.75 bits per heavy atom. The van der Waals surface area contributed by atoms with Gasteiger partial charge in [-0.15, -0.1) is 0 Å². The van der Waals surface area contributed by atoms with Gasteiger partial charge in [-0.05, 0) is 67.1 Å². The van der Waals surface area contributed by atoms with Crippen molar-refractivity contribution >= 4 is 0 Å². The minimum atomic E-state index is -1.33. The van der Waals surface area contributed by atoms with Gasteiger partial charge in [-0.1, -0.05) is 45.4 Å². The van der Waals surface area contributed by atoms with Crippen molar-refractivity contribution in [1.29, 1.82) is 0 Å². The molecule has 1 aliphatic heterocycles. The summed E-state index contributed by atoms with van der Waals surface area (Å²) in [6.07, 6.45) is 3.28. The van der Waals surface area contributed by atoms with Gasteiger partial charge in [0.2, 0.25) is 0 Å². The van der Waals surface area contributed by atoms with Crippen LogP contribution < -0.4 is 0 Å². The van der Waals surface area contributed by atoms with Gasteiger partial charge >= 0.3 is 0 Å². The third-order valence-corrected chi connectivity index (χ3v) is 8.53. The van der Waals surface area contributed by atoms with Crippen LogP contribution in [-0.2, 0) is 9.47 Å². The molecule has 8 atom stereocenters. The molecule has 0 amide bonds. The highest BCUT2D eigenvalue weighted by Crippen LogP contribution is 2.62. The lowest BCUT2D eigenvalue weighted by Gasteiger charge is -2.50. The molecule has 0 radical (unpaired) electrons. The number of rotatable bonds is 4. The second-order valence-corrected chi connectivity index (χ2v) is 11.1. The fourth-order valence-corrected chi connectivity index (χ4v) is 6.20. The van der Waals surface area contributed by atoms with Crippen molar-refractivity contribution in [1.82, 2.24) is 0 Å². The van der Waals surface area contributed by atoms with Crippen molar-refractivity contribution in [2.75, 3.05) is 6.61 Å². The van der Waals surface area contributed by atoms with Gasteiger partial charge in [0, 0.05) is 5.41 Å². The Morgan fingerprint density at radius 1 is 1.03 bits per heavy atom. The van der Waals surface area contributed by atoms with Gasteiger partial charge in [-0.25, -0.2) is 0 Å². The van der Waals surface area contributed by atoms with E-state index in [1.54, 1.807) is 6.92 Å². The molecule has 4 rings (SSSR count). The Morgan fingerprint density at radius 3 is 2.41 bits per heavy atom. The summed E-state index contributed by atoms with van der Waals surface area (Å²) in [6.45, 7) is 10.8. The molecule has 4 N–H and O–H groups in total. The minimum absolute atomic E-state index is 0.0884. The van der Waals surface area contributed by atoms with Gasteiger partial charge in [-0.3, -0.25) is 0 Å². The fraction of sp³-hybridized carbons (Fsp3) is 0.769. The van der Waals surface area contributed by atoms with Crippen molar-refractivity contribution in [2.24, 2.45) is 16.7 Å². The second-order valence-electron chi connectivity index (χ2n) is 11.1. The number of hydrogen-bond donors (Lipinski definition) is 4. The minimum Gasteiger partial charge on any atom is -0.389 e. The summed E-state index contributed by atoms with van der Waals surface area (Å²) in [5, 5.41) is 40.9. The summed E-state index contributed by atoms with van der Waals surface area (Å²) in [5.41, 5.74) is 4.97. The van der Waals surface area contributed by atoms with E-state index in [4.69, 9.17) is 9.47 Å². The topological polar surface area (TPSA) is 99.4 Å². The Kier molecular flexibility index (Phi) is 6.51. The number of aliphatic hydroxyl groups is 4. The first-order valence-electron chi connectivity index (χ1n) is 12.1. The van der Waals surface area contributed by atoms with Crippen molar-refractivity contribution in [3.05, 3.63) is 34.4 Å². The van der Waals surface area contributed by atoms with Crippen molar-refractivity contribution in [3.8, 4) is 0 Å². The number of ether oxygens (including phenoxy) is 2. The summed E-state index contributed by atoms with van der Waals surface area (Å²) in [5.74, 6) is 0.470. The molecule has 0 aromatic heterocycles. The summed E-state index contributed by atoms with van der Waals surface area (Å²) in [6, 6.07) is 0. The molecule has 1 saturated heterocycles. The Balaban J connectivity index is 1.75. The summed E-state index contributed by atoms with van der Waals surface area (Å²) >= 11 is 0. The summed E-state index contributed by atoms with van der Waals surface area (Å²) in [7, 11) is 0. The highest BCUT2D eigenvalue weighted by atomic mass is 16.7. The van der Waals surface area contributed by atoms with Crippen LogP contribution in [0.5, 0.6) is 0 Å². The molecular formula is C26H40O6. The zero-order valence-electron chi connectivity index (χ0n) is 20.0. The van der Waals surface area contributed by atoms with Crippen LogP contribution in [0.4, 0.5) is 0 Å². The number of allylic oxidation sites excluding steroid dienone is 4. The molecule has 6 nitrogen and oxygen atoms in total. The smallest absolute Gasteiger partial charge is 0.186 e. The van der Waals surface area contributed by atoms with Gasteiger partial charge in [0.25, 0.3) is 0 Å². The first-order valence-corrected chi connectivity index (χ1v) is 12.1. The third-order valence-electron chi connectivity index (χ3n) is 8.53. The van der Waals surface area contributed by atoms with Gasteiger partial charge in [0.15, 0.2) is 6.29 Å². The number of hydrogen-bond acceptors (Lipinski definition) is 6. The third kappa shape index (κ3) is 3.93. The average molecular weight is 449 g/mol. The highest BCUT2D eigenvalue weighted by molar-refractivity contribution is 5.52. The molecule has 2 fully saturated rings. The average Bonchev–Trinajstić information content (AvgIpc) is 3.01. The zero-order chi connectivity index (χ0) is 23.4. The van der Waals surface area contributed by atoms with Gasteiger partial charge in [0.1, 0.15) is 18.3 Å². The molecule has 32 heavy (non-hydrogen) atoms. The van der Waals surface area contributed by atoms with E-state index in [1.165, 1.54) is 16.7 Å². The number of aliphatic hydroxyl groups excluding tert-OH is 4. The molecule has 1 heterocycles. The SMILES string of the molecule is CC(C)C1=C2C3=CC=C(C(C)O)C[C@H](O[C@@H]4OC[C@@H](O)[C@H](O)[C@H]4O)[C@]3(C)CC[C@@]2(C)CC1. The monoisotopic (exact) mass is 448 g/mol. The molecule has 3 aliphatic carbocycles. The standard InChI is InChI=1S/C26H40O6/c1-14(2)17-8-9-25(4)10-11-26(5)18(21(17)25)7-6-16(15(3)27)12-20(26)32-24-23(30)22(29)19(28)13-31-24/h6-7,14-15,19-20,22-24,27-30H,8-13H2,1-5H3/t15?,19-,20+,22+,23-,24+,25-,26-/m1/s1. The van der Waals surface area contributed by atoms with Crippen LogP contribution in [0.25, 0.3) is 0 Å². The van der Waals surface area contributed by atoms with Crippen LogP contribution in [0.2, 0.25) is 0 Å². The quantitative estimate of drug-likeness (QED) is 0.528. The van der Waals surface area contributed by atoms with Crippen LogP contribution in [0.3, 0.4) is 0 Å². The first-order chi connectivity index (χ1) is 15.0. The maximum absolute atomic E-state index is 10.5. The van der Waals surface area contributed by atoms with Crippen LogP contribution in [0.15, 0.2) is 34.4 Å². The van der Waals surface area contributed by atoms with E-state index in [9.17, 15) is 20.4 Å². The van der Waals surface area contributed by atoms with E-state index in [-0.39, 0.29) is 23.5 Å². The largest absolute Gasteiger partial charge is 0.389 e. The Bertz CT molecular complexity index is 826. The van der Waals surface area contributed by atoms with E-state index >= 15 is 0 Å². The molecule has 0 aromatic rings. The van der Waals surface area contributed by atoms with E-state index in [0.29, 0.717) is 12.3 Å². The Hall–Kier alpha value is -1.02. The molecule has 1 saturated carbocycles. The van der Waals surface area contributed by atoms with E-state index < -0.39 is 30.7 Å². The molecular weight excluding hydrogens is 408 g/mol. The van der Waals surface area contributed by atoms with Crippen molar-refractivity contribution in [3.63, 3.8) is 0 Å². The van der Waals surface area contributed by atoms with Crippen LogP contribution in [0, 0.1) is 16.7 Å². The van der Waals surface area contributed by atoms with Crippen molar-refractivity contribution < 1.29 is 29.9 Å². The van der Waals surface area contributed by atoms with E-state index in [2.05, 4.69) is 33.8 Å². The normalized spacial score (nSPS) is 43.4. The van der Waals surface area contributed by atoms with Gasteiger partial charge in [0.05, 0.1) is 18.8 Å². The van der Waals surface area contributed by atoms with Crippen LogP contribution >= 0.6 is 0 Å². The molecule has 0 aromatic carbocycles. The van der Waals surface area contributed by atoms with E-state index in [1.807, 2.05) is 6.08 Å². The lowest BCUT2D eigenvalue weighted by atomic mass is 9.57. The molecule has 0 spiro atoms. The predicted octanol–water partition coefficient (Wildman–Crippen LogP) is 3.00. The van der Waals surface area contributed by atoms with Gasteiger partial charge in [-0.2, -0.15) is 0 Å². The molecule has 4 aliphatic rings. The van der Waals surface area contributed by atoms with Crippen LogP contribution in [-0.4, -0.2) is 63.8 Å². The molecule has 0 bridgehead atoms. The van der Waals surface area contributed by atoms with Crippen LogP contribution in [0.1, 0.15) is 66.7 Å². The number of fused-ring (bicyclic) bond motifs is 3. The fourth-order valence-electron chi connectivity index (χ4n) is 6.20. The van der Waals surface area contributed by atoms with E-state index in [0.717, 1.165) is 31.3 Å². The second kappa shape index (κ2) is 8.64. The predicted molar refractivity (Wildman–Crippen MR) is 122 cm³/mol. The molecule has 6 heteroatoms. The van der Waals surface area contributed by atoms with Crippen molar-refractivity contribution in [2.45, 2.75) is 104 Å². The molecule has 1 unspecified atom stereocenters. The molecule has 180 valence electrons. The highest BCUT2D eigenvalue weighted by Gasteiger charge is 2.53. The maximum Gasteiger partial charge on any atom is 0.186 e. The Labute approximate surface area is 191 Å². The summed E-state index contributed by atoms with van der Waals surface area (Å²) in [4.78, 5) is 0. The maximum atomic E-state index is 10.5. The first kappa shape index (κ1) is 24.1.